The molecule has 1 aliphatic rings. The number of rotatable bonds is 0. The SMILES string of the molecule is Nc1cnc2c(c1Cl)COCC2. The third-order valence-corrected chi connectivity index (χ3v) is 2.40. The highest BCUT2D eigenvalue weighted by molar-refractivity contribution is 6.33. The van der Waals surface area contributed by atoms with E-state index in [2.05, 4.69) is 4.98 Å². The Morgan fingerprint density at radius 3 is 3.25 bits per heavy atom. The molecule has 0 saturated carbocycles. The first-order valence-electron chi connectivity index (χ1n) is 3.78. The molecule has 0 bridgehead atoms. The number of nitrogens with two attached hydrogens (primary N) is 1. The quantitative estimate of drug-likeness (QED) is 0.663. The van der Waals surface area contributed by atoms with Gasteiger partial charge in [-0.1, -0.05) is 11.6 Å². The maximum absolute atomic E-state index is 5.97. The van der Waals surface area contributed by atoms with Gasteiger partial charge in [-0.2, -0.15) is 0 Å². The molecule has 0 atom stereocenters. The number of fused-ring (bicyclic) bond motifs is 1. The van der Waals surface area contributed by atoms with Gasteiger partial charge in [-0.05, 0) is 0 Å². The monoisotopic (exact) mass is 184 g/mol. The molecule has 1 aliphatic heterocycles. The van der Waals surface area contributed by atoms with Crippen molar-refractivity contribution in [1.82, 2.24) is 4.98 Å². The summed E-state index contributed by atoms with van der Waals surface area (Å²) >= 11 is 5.97. The molecule has 12 heavy (non-hydrogen) atoms. The van der Waals surface area contributed by atoms with Gasteiger partial charge in [0, 0.05) is 17.7 Å². The highest BCUT2D eigenvalue weighted by Gasteiger charge is 2.15. The fourth-order valence-electron chi connectivity index (χ4n) is 1.29. The molecule has 0 amide bonds. The molecule has 0 unspecified atom stereocenters. The molecule has 64 valence electrons. The third-order valence-electron chi connectivity index (χ3n) is 1.96. The molecule has 0 radical (unpaired) electrons. The second-order valence-corrected chi connectivity index (χ2v) is 3.13. The zero-order valence-electron chi connectivity index (χ0n) is 6.51. The van der Waals surface area contributed by atoms with Crippen LogP contribution >= 0.6 is 11.6 Å². The van der Waals surface area contributed by atoms with Crippen LogP contribution in [0.1, 0.15) is 11.3 Å². The number of halogens is 1. The zero-order chi connectivity index (χ0) is 8.55. The lowest BCUT2D eigenvalue weighted by atomic mass is 10.1. The van der Waals surface area contributed by atoms with Gasteiger partial charge in [-0.15, -0.1) is 0 Å². The van der Waals surface area contributed by atoms with Gasteiger partial charge in [0.1, 0.15) is 0 Å². The number of pyridine rings is 1. The van der Waals surface area contributed by atoms with E-state index in [-0.39, 0.29) is 0 Å². The van der Waals surface area contributed by atoms with Crippen molar-refractivity contribution < 1.29 is 4.74 Å². The molecule has 0 aromatic carbocycles. The van der Waals surface area contributed by atoms with E-state index >= 15 is 0 Å². The number of nitrogen functional groups attached to an aromatic ring is 1. The molecule has 3 nitrogen and oxygen atoms in total. The first-order valence-corrected chi connectivity index (χ1v) is 4.16. The number of hydrogen-bond acceptors (Lipinski definition) is 3. The van der Waals surface area contributed by atoms with E-state index in [4.69, 9.17) is 22.1 Å². The summed E-state index contributed by atoms with van der Waals surface area (Å²) in [6.45, 7) is 1.26. The van der Waals surface area contributed by atoms with Crippen molar-refractivity contribution in [2.45, 2.75) is 13.0 Å². The predicted octanol–water partition coefficient (Wildman–Crippen LogP) is 1.39. The van der Waals surface area contributed by atoms with Crippen molar-refractivity contribution in [2.75, 3.05) is 12.3 Å². The lowest BCUT2D eigenvalue weighted by molar-refractivity contribution is 0.109. The van der Waals surface area contributed by atoms with Gasteiger partial charge < -0.3 is 10.5 Å². The standard InChI is InChI=1S/C8H9ClN2O/c9-8-5-4-12-2-1-7(5)11-3-6(8)10/h3H,1-2,4,10H2. The minimum atomic E-state index is 0.529. The molecule has 0 spiro atoms. The zero-order valence-corrected chi connectivity index (χ0v) is 7.27. The summed E-state index contributed by atoms with van der Waals surface area (Å²) in [5, 5.41) is 0.597. The Balaban J connectivity index is 2.54. The van der Waals surface area contributed by atoms with Gasteiger partial charge in [0.15, 0.2) is 0 Å². The molecule has 0 saturated heterocycles. The van der Waals surface area contributed by atoms with Crippen molar-refractivity contribution in [3.05, 3.63) is 22.5 Å². The summed E-state index contributed by atoms with van der Waals surface area (Å²) < 4.78 is 5.25. The minimum absolute atomic E-state index is 0.529. The molecule has 0 fully saturated rings. The van der Waals surface area contributed by atoms with Gasteiger partial charge in [-0.25, -0.2) is 0 Å². The Kier molecular flexibility index (Phi) is 1.90. The van der Waals surface area contributed by atoms with Crippen LogP contribution in [0.5, 0.6) is 0 Å². The average molecular weight is 185 g/mol. The molecule has 2 rings (SSSR count). The molecule has 2 heterocycles. The van der Waals surface area contributed by atoms with Crippen LogP contribution in [0, 0.1) is 0 Å². The van der Waals surface area contributed by atoms with Crippen LogP contribution in [-0.4, -0.2) is 11.6 Å². The van der Waals surface area contributed by atoms with E-state index in [0.717, 1.165) is 24.3 Å². The molecule has 4 heteroatoms. The number of aromatic nitrogens is 1. The maximum atomic E-state index is 5.97. The van der Waals surface area contributed by atoms with Crippen LogP contribution in [0.2, 0.25) is 5.02 Å². The highest BCUT2D eigenvalue weighted by atomic mass is 35.5. The summed E-state index contributed by atoms with van der Waals surface area (Å²) in [5.74, 6) is 0. The van der Waals surface area contributed by atoms with Crippen LogP contribution < -0.4 is 5.73 Å². The molecule has 1 aromatic heterocycles. The van der Waals surface area contributed by atoms with Crippen molar-refractivity contribution in [1.29, 1.82) is 0 Å². The first kappa shape index (κ1) is 7.83. The molecular formula is C8H9ClN2O. The Morgan fingerprint density at radius 2 is 2.42 bits per heavy atom. The fourth-order valence-corrected chi connectivity index (χ4v) is 1.50. The van der Waals surface area contributed by atoms with Crippen molar-refractivity contribution in [2.24, 2.45) is 0 Å². The van der Waals surface area contributed by atoms with Gasteiger partial charge in [-0.3, -0.25) is 4.98 Å². The number of nitrogens with zero attached hydrogens (tertiary/aromatic N) is 1. The summed E-state index contributed by atoms with van der Waals surface area (Å²) in [6, 6.07) is 0. The van der Waals surface area contributed by atoms with Crippen LogP contribution in [0.15, 0.2) is 6.20 Å². The smallest absolute Gasteiger partial charge is 0.0750 e. The van der Waals surface area contributed by atoms with E-state index < -0.39 is 0 Å². The molecular weight excluding hydrogens is 176 g/mol. The topological polar surface area (TPSA) is 48.1 Å². The van der Waals surface area contributed by atoms with Crippen LogP contribution in [-0.2, 0) is 17.8 Å². The maximum Gasteiger partial charge on any atom is 0.0750 e. The second-order valence-electron chi connectivity index (χ2n) is 2.76. The Hall–Kier alpha value is -0.800. The number of anilines is 1. The van der Waals surface area contributed by atoms with Crippen LogP contribution in [0.3, 0.4) is 0 Å². The summed E-state index contributed by atoms with van der Waals surface area (Å²) in [7, 11) is 0. The Morgan fingerprint density at radius 1 is 1.58 bits per heavy atom. The van der Waals surface area contributed by atoms with Crippen molar-refractivity contribution in [3.63, 3.8) is 0 Å². The normalized spacial score (nSPS) is 15.8. The minimum Gasteiger partial charge on any atom is -0.396 e. The lowest BCUT2D eigenvalue weighted by Gasteiger charge is -2.17. The van der Waals surface area contributed by atoms with E-state index in [0.29, 0.717) is 17.3 Å². The predicted molar refractivity (Wildman–Crippen MR) is 47.0 cm³/mol. The van der Waals surface area contributed by atoms with E-state index in [1.54, 1.807) is 6.20 Å². The van der Waals surface area contributed by atoms with Crippen molar-refractivity contribution in [3.8, 4) is 0 Å². The third kappa shape index (κ3) is 1.15. The van der Waals surface area contributed by atoms with Crippen molar-refractivity contribution >= 4 is 17.3 Å². The Labute approximate surface area is 75.5 Å². The Bertz CT molecular complexity index is 314. The van der Waals surface area contributed by atoms with Crippen LogP contribution in [0.4, 0.5) is 5.69 Å². The molecule has 1 aromatic rings. The summed E-state index contributed by atoms with van der Waals surface area (Å²) in [5.41, 5.74) is 8.08. The summed E-state index contributed by atoms with van der Waals surface area (Å²) in [4.78, 5) is 4.19. The number of ether oxygens (including phenoxy) is 1. The average Bonchev–Trinajstić information content (AvgIpc) is 2.12. The van der Waals surface area contributed by atoms with Gasteiger partial charge >= 0.3 is 0 Å². The summed E-state index contributed by atoms with van der Waals surface area (Å²) in [6.07, 6.45) is 2.43. The lowest BCUT2D eigenvalue weighted by Crippen LogP contribution is -2.13. The first-order chi connectivity index (χ1) is 5.79. The molecule has 2 N–H and O–H groups in total. The van der Waals surface area contributed by atoms with E-state index in [9.17, 15) is 0 Å². The van der Waals surface area contributed by atoms with Gasteiger partial charge in [0.2, 0.25) is 0 Å². The van der Waals surface area contributed by atoms with Crippen LogP contribution in [0.25, 0.3) is 0 Å². The van der Waals surface area contributed by atoms with Gasteiger partial charge in [0.05, 0.1) is 30.1 Å². The van der Waals surface area contributed by atoms with E-state index in [1.807, 2.05) is 0 Å². The number of hydrogen-bond donors (Lipinski definition) is 1. The largest absolute Gasteiger partial charge is 0.396 e. The molecule has 0 aliphatic carbocycles. The highest BCUT2D eigenvalue weighted by Crippen LogP contribution is 2.27. The van der Waals surface area contributed by atoms with E-state index in [1.165, 1.54) is 0 Å². The fraction of sp³-hybridized carbons (Fsp3) is 0.375. The second kappa shape index (κ2) is 2.92. The van der Waals surface area contributed by atoms with Gasteiger partial charge in [0.25, 0.3) is 0 Å².